The molecular formula is C16H19N3O2. The molecule has 1 fully saturated rings. The van der Waals surface area contributed by atoms with E-state index in [0.717, 1.165) is 44.8 Å². The molecule has 1 aromatic heterocycles. The lowest BCUT2D eigenvalue weighted by molar-refractivity contribution is 0.109. The van der Waals surface area contributed by atoms with Gasteiger partial charge in [0.1, 0.15) is 0 Å². The second-order valence-electron chi connectivity index (χ2n) is 5.77. The molecular weight excluding hydrogens is 266 g/mol. The smallest absolute Gasteiger partial charge is 0.235 e. The summed E-state index contributed by atoms with van der Waals surface area (Å²) in [6.07, 6.45) is 3.24. The van der Waals surface area contributed by atoms with Crippen molar-refractivity contribution in [2.75, 3.05) is 13.2 Å². The molecule has 5 heteroatoms. The van der Waals surface area contributed by atoms with E-state index in [4.69, 9.17) is 9.26 Å². The standard InChI is InChI=1S/C16H19N3O2/c1-2-6-13-11(4-1)9-17-10-14(13)16-18-15(19-21-16)8-12-5-3-7-20-12/h1-2,4,6,12,14,17H,3,5,7-10H2. The predicted molar refractivity (Wildman–Crippen MR) is 77.0 cm³/mol. The van der Waals surface area contributed by atoms with Crippen molar-refractivity contribution >= 4 is 0 Å². The molecule has 21 heavy (non-hydrogen) atoms. The van der Waals surface area contributed by atoms with Crippen LogP contribution in [-0.4, -0.2) is 29.4 Å². The van der Waals surface area contributed by atoms with Crippen molar-refractivity contribution in [1.82, 2.24) is 15.5 Å². The Labute approximate surface area is 123 Å². The molecule has 0 amide bonds. The van der Waals surface area contributed by atoms with Crippen molar-refractivity contribution < 1.29 is 9.26 Å². The number of fused-ring (bicyclic) bond motifs is 1. The zero-order valence-electron chi connectivity index (χ0n) is 11.9. The van der Waals surface area contributed by atoms with Crippen LogP contribution >= 0.6 is 0 Å². The summed E-state index contributed by atoms with van der Waals surface area (Å²) in [5, 5.41) is 7.55. The first kappa shape index (κ1) is 13.0. The van der Waals surface area contributed by atoms with Crippen LogP contribution in [0.1, 0.15) is 41.6 Å². The van der Waals surface area contributed by atoms with E-state index in [9.17, 15) is 0 Å². The first-order chi connectivity index (χ1) is 10.4. The van der Waals surface area contributed by atoms with Crippen LogP contribution in [0.5, 0.6) is 0 Å². The van der Waals surface area contributed by atoms with Crippen LogP contribution in [0.2, 0.25) is 0 Å². The predicted octanol–water partition coefficient (Wildman–Crippen LogP) is 2.03. The summed E-state index contributed by atoms with van der Waals surface area (Å²) in [6.45, 7) is 2.61. The van der Waals surface area contributed by atoms with Crippen LogP contribution < -0.4 is 5.32 Å². The van der Waals surface area contributed by atoms with Crippen LogP contribution in [0.25, 0.3) is 0 Å². The van der Waals surface area contributed by atoms with Gasteiger partial charge in [-0.15, -0.1) is 0 Å². The van der Waals surface area contributed by atoms with Crippen molar-refractivity contribution in [3.63, 3.8) is 0 Å². The molecule has 3 heterocycles. The molecule has 2 aliphatic heterocycles. The van der Waals surface area contributed by atoms with E-state index in [2.05, 4.69) is 39.7 Å². The summed E-state index contributed by atoms with van der Waals surface area (Å²) in [5.74, 6) is 1.63. The van der Waals surface area contributed by atoms with E-state index in [0.29, 0.717) is 5.89 Å². The average Bonchev–Trinajstić information content (AvgIpc) is 3.19. The van der Waals surface area contributed by atoms with Crippen molar-refractivity contribution in [2.45, 2.75) is 37.8 Å². The van der Waals surface area contributed by atoms with E-state index in [-0.39, 0.29) is 12.0 Å². The minimum atomic E-state index is 0.153. The van der Waals surface area contributed by atoms with Gasteiger partial charge in [-0.1, -0.05) is 29.4 Å². The van der Waals surface area contributed by atoms with Gasteiger partial charge in [0.05, 0.1) is 12.0 Å². The van der Waals surface area contributed by atoms with Gasteiger partial charge < -0.3 is 14.6 Å². The zero-order valence-corrected chi connectivity index (χ0v) is 11.9. The van der Waals surface area contributed by atoms with Crippen LogP contribution in [0.3, 0.4) is 0 Å². The maximum absolute atomic E-state index is 5.63. The summed E-state index contributed by atoms with van der Waals surface area (Å²) in [6, 6.07) is 8.45. The molecule has 0 saturated carbocycles. The lowest BCUT2D eigenvalue weighted by atomic mass is 9.91. The van der Waals surface area contributed by atoms with Gasteiger partial charge in [-0.25, -0.2) is 0 Å². The third-order valence-electron chi connectivity index (χ3n) is 4.31. The number of hydrogen-bond acceptors (Lipinski definition) is 5. The van der Waals surface area contributed by atoms with Crippen molar-refractivity contribution in [2.24, 2.45) is 0 Å². The van der Waals surface area contributed by atoms with E-state index >= 15 is 0 Å². The SMILES string of the molecule is c1ccc2c(c1)CNCC2c1nc(CC2CCCO2)no1. The van der Waals surface area contributed by atoms with E-state index in [1.165, 1.54) is 11.1 Å². The zero-order chi connectivity index (χ0) is 14.1. The van der Waals surface area contributed by atoms with Crippen molar-refractivity contribution in [3.8, 4) is 0 Å². The monoisotopic (exact) mass is 285 g/mol. The largest absolute Gasteiger partial charge is 0.378 e. The Balaban J connectivity index is 1.56. The number of benzene rings is 1. The van der Waals surface area contributed by atoms with Crippen LogP contribution in [0, 0.1) is 0 Å². The molecule has 5 nitrogen and oxygen atoms in total. The summed E-state index contributed by atoms with van der Waals surface area (Å²) < 4.78 is 11.1. The van der Waals surface area contributed by atoms with Crippen molar-refractivity contribution in [3.05, 3.63) is 47.1 Å². The quantitative estimate of drug-likeness (QED) is 0.935. The van der Waals surface area contributed by atoms with E-state index in [1.54, 1.807) is 0 Å². The van der Waals surface area contributed by atoms with Gasteiger partial charge in [-0.3, -0.25) is 0 Å². The molecule has 4 rings (SSSR count). The highest BCUT2D eigenvalue weighted by molar-refractivity contribution is 5.35. The normalized spacial score (nSPS) is 25.0. The summed E-state index contributed by atoms with van der Waals surface area (Å²) in [4.78, 5) is 4.60. The number of hydrogen-bond donors (Lipinski definition) is 1. The number of aromatic nitrogens is 2. The van der Waals surface area contributed by atoms with Gasteiger partial charge in [0.15, 0.2) is 5.82 Å². The van der Waals surface area contributed by atoms with Gasteiger partial charge in [0.25, 0.3) is 0 Å². The summed E-state index contributed by atoms with van der Waals surface area (Å²) in [7, 11) is 0. The molecule has 2 unspecified atom stereocenters. The number of nitrogens with zero attached hydrogens (tertiary/aromatic N) is 2. The molecule has 110 valence electrons. The maximum Gasteiger partial charge on any atom is 0.235 e. The molecule has 2 atom stereocenters. The van der Waals surface area contributed by atoms with E-state index in [1.807, 2.05) is 0 Å². The average molecular weight is 285 g/mol. The molecule has 2 aromatic rings. The fourth-order valence-electron chi connectivity index (χ4n) is 3.22. The Hall–Kier alpha value is -1.72. The Morgan fingerprint density at radius 3 is 3.14 bits per heavy atom. The van der Waals surface area contributed by atoms with E-state index < -0.39 is 0 Å². The Kier molecular flexibility index (Phi) is 3.45. The Morgan fingerprint density at radius 1 is 1.29 bits per heavy atom. The van der Waals surface area contributed by atoms with Gasteiger partial charge in [-0.2, -0.15) is 4.98 Å². The van der Waals surface area contributed by atoms with Gasteiger partial charge in [0.2, 0.25) is 5.89 Å². The Morgan fingerprint density at radius 2 is 2.24 bits per heavy atom. The molecule has 1 N–H and O–H groups in total. The first-order valence-electron chi connectivity index (χ1n) is 7.63. The molecule has 2 aliphatic rings. The third-order valence-corrected chi connectivity index (χ3v) is 4.31. The highest BCUT2D eigenvalue weighted by Crippen LogP contribution is 2.29. The molecule has 1 saturated heterocycles. The van der Waals surface area contributed by atoms with Crippen LogP contribution in [0.4, 0.5) is 0 Å². The van der Waals surface area contributed by atoms with Gasteiger partial charge in [-0.05, 0) is 24.0 Å². The summed E-state index contributed by atoms with van der Waals surface area (Å²) in [5.41, 5.74) is 2.61. The minimum absolute atomic E-state index is 0.153. The molecule has 0 radical (unpaired) electrons. The fraction of sp³-hybridized carbons (Fsp3) is 0.500. The molecule has 1 aromatic carbocycles. The highest BCUT2D eigenvalue weighted by atomic mass is 16.5. The molecule has 0 bridgehead atoms. The fourth-order valence-corrected chi connectivity index (χ4v) is 3.22. The molecule has 0 aliphatic carbocycles. The highest BCUT2D eigenvalue weighted by Gasteiger charge is 2.27. The van der Waals surface area contributed by atoms with Gasteiger partial charge >= 0.3 is 0 Å². The maximum atomic E-state index is 5.63. The van der Waals surface area contributed by atoms with Crippen molar-refractivity contribution in [1.29, 1.82) is 0 Å². The van der Waals surface area contributed by atoms with Crippen LogP contribution in [-0.2, 0) is 17.7 Å². The number of rotatable bonds is 3. The number of ether oxygens (including phenoxy) is 1. The topological polar surface area (TPSA) is 60.2 Å². The minimum Gasteiger partial charge on any atom is -0.378 e. The third kappa shape index (κ3) is 2.59. The number of nitrogens with one attached hydrogen (secondary N) is 1. The lowest BCUT2D eigenvalue weighted by Gasteiger charge is -2.23. The Bertz CT molecular complexity index is 619. The van der Waals surface area contributed by atoms with Crippen LogP contribution in [0.15, 0.2) is 28.8 Å². The second-order valence-corrected chi connectivity index (χ2v) is 5.77. The molecule has 0 spiro atoms. The van der Waals surface area contributed by atoms with Gasteiger partial charge in [0, 0.05) is 26.1 Å². The summed E-state index contributed by atoms with van der Waals surface area (Å²) >= 11 is 0. The second kappa shape index (κ2) is 5.58. The lowest BCUT2D eigenvalue weighted by Crippen LogP contribution is -2.28. The first-order valence-corrected chi connectivity index (χ1v) is 7.63.